The molecule has 1 aliphatic heterocycles. The molecule has 0 atom stereocenters. The fourth-order valence-corrected chi connectivity index (χ4v) is 4.03. The van der Waals surface area contributed by atoms with Gasteiger partial charge in [0.1, 0.15) is 4.88 Å². The first-order valence-corrected chi connectivity index (χ1v) is 8.64. The number of thiazole rings is 1. The van der Waals surface area contributed by atoms with Gasteiger partial charge in [-0.05, 0) is 38.8 Å². The summed E-state index contributed by atoms with van der Waals surface area (Å²) in [5, 5.41) is 3.81. The molecule has 0 unspecified atom stereocenters. The average Bonchev–Trinajstić information content (AvgIpc) is 3.18. The number of anilines is 1. The van der Waals surface area contributed by atoms with Gasteiger partial charge in [-0.2, -0.15) is 0 Å². The molecule has 1 aromatic carbocycles. The van der Waals surface area contributed by atoms with Crippen molar-refractivity contribution in [3.05, 3.63) is 33.8 Å². The number of nitrogens with zero attached hydrogens (tertiary/aromatic N) is 1. The Labute approximate surface area is 138 Å². The first-order chi connectivity index (χ1) is 11.0. The molecule has 1 saturated carbocycles. The first-order valence-electron chi connectivity index (χ1n) is 7.82. The van der Waals surface area contributed by atoms with Crippen LogP contribution in [0.3, 0.4) is 0 Å². The molecule has 1 fully saturated rings. The third kappa shape index (κ3) is 2.57. The normalized spacial score (nSPS) is 17.7. The van der Waals surface area contributed by atoms with Gasteiger partial charge in [-0.25, -0.2) is 4.98 Å². The van der Waals surface area contributed by atoms with E-state index < -0.39 is 5.79 Å². The molecule has 4 rings (SSSR count). The van der Waals surface area contributed by atoms with Crippen LogP contribution in [0, 0.1) is 13.8 Å². The summed E-state index contributed by atoms with van der Waals surface area (Å²) in [5.74, 6) is 0.857. The van der Waals surface area contributed by atoms with E-state index in [-0.39, 0.29) is 5.91 Å². The highest BCUT2D eigenvalue weighted by molar-refractivity contribution is 7.13. The number of carbonyl (C=O) groups excluding carboxylic acids is 1. The van der Waals surface area contributed by atoms with E-state index in [2.05, 4.69) is 10.3 Å². The predicted octanol–water partition coefficient (Wildman–Crippen LogP) is 4.05. The van der Waals surface area contributed by atoms with Crippen LogP contribution in [0.4, 0.5) is 5.69 Å². The minimum Gasteiger partial charge on any atom is -0.448 e. The standard InChI is InChI=1S/C17H18N2O3S/c1-10-15(23-11(2)18-10)16(20)19-12-5-6-13-14(9-12)22-17(21-13)7-3-4-8-17/h5-6,9H,3-4,7-8H2,1-2H3,(H,19,20). The third-order valence-corrected chi connectivity index (χ3v) is 5.34. The van der Waals surface area contributed by atoms with Crippen molar-refractivity contribution in [3.63, 3.8) is 0 Å². The lowest BCUT2D eigenvalue weighted by molar-refractivity contribution is -0.0716. The predicted molar refractivity (Wildman–Crippen MR) is 88.4 cm³/mol. The molecular formula is C17H18N2O3S. The number of amides is 1. The molecule has 120 valence electrons. The molecule has 1 aliphatic carbocycles. The molecular weight excluding hydrogens is 312 g/mol. The van der Waals surface area contributed by atoms with Crippen LogP contribution in [0.15, 0.2) is 18.2 Å². The molecule has 5 nitrogen and oxygen atoms in total. The fourth-order valence-electron chi connectivity index (χ4n) is 3.22. The van der Waals surface area contributed by atoms with Crippen LogP contribution in [0.1, 0.15) is 46.1 Å². The maximum Gasteiger partial charge on any atom is 0.267 e. The number of aromatic nitrogens is 1. The van der Waals surface area contributed by atoms with Gasteiger partial charge in [0.2, 0.25) is 0 Å². The molecule has 0 saturated heterocycles. The van der Waals surface area contributed by atoms with Crippen LogP contribution in [0.2, 0.25) is 0 Å². The molecule has 1 aromatic heterocycles. The molecule has 1 amide bonds. The van der Waals surface area contributed by atoms with Gasteiger partial charge in [-0.3, -0.25) is 4.79 Å². The van der Waals surface area contributed by atoms with E-state index in [1.165, 1.54) is 11.3 Å². The van der Waals surface area contributed by atoms with Crippen molar-refractivity contribution in [2.45, 2.75) is 45.3 Å². The van der Waals surface area contributed by atoms with Crippen molar-refractivity contribution in [1.29, 1.82) is 0 Å². The zero-order chi connectivity index (χ0) is 16.0. The van der Waals surface area contributed by atoms with Crippen LogP contribution >= 0.6 is 11.3 Å². The Morgan fingerprint density at radius 2 is 1.96 bits per heavy atom. The molecule has 1 spiro atoms. The van der Waals surface area contributed by atoms with Gasteiger partial charge < -0.3 is 14.8 Å². The van der Waals surface area contributed by atoms with Crippen LogP contribution in [-0.4, -0.2) is 16.7 Å². The van der Waals surface area contributed by atoms with Gasteiger partial charge in [0.15, 0.2) is 11.5 Å². The molecule has 23 heavy (non-hydrogen) atoms. The van der Waals surface area contributed by atoms with E-state index in [1.54, 1.807) is 0 Å². The average molecular weight is 330 g/mol. The van der Waals surface area contributed by atoms with E-state index in [0.29, 0.717) is 16.3 Å². The number of hydrogen-bond donors (Lipinski definition) is 1. The fraction of sp³-hybridized carbons (Fsp3) is 0.412. The Balaban J connectivity index is 1.54. The van der Waals surface area contributed by atoms with Crippen LogP contribution < -0.4 is 14.8 Å². The molecule has 6 heteroatoms. The van der Waals surface area contributed by atoms with E-state index in [1.807, 2.05) is 32.0 Å². The van der Waals surface area contributed by atoms with E-state index in [9.17, 15) is 4.79 Å². The largest absolute Gasteiger partial charge is 0.448 e. The molecule has 0 bridgehead atoms. The van der Waals surface area contributed by atoms with Crippen molar-refractivity contribution >= 4 is 22.9 Å². The summed E-state index contributed by atoms with van der Waals surface area (Å²) in [6.07, 6.45) is 4.09. The van der Waals surface area contributed by atoms with Gasteiger partial charge in [0, 0.05) is 24.6 Å². The summed E-state index contributed by atoms with van der Waals surface area (Å²) in [5.41, 5.74) is 1.47. The number of nitrogens with one attached hydrogen (secondary N) is 1. The Kier molecular flexibility index (Phi) is 3.30. The first kappa shape index (κ1) is 14.5. The van der Waals surface area contributed by atoms with Gasteiger partial charge in [-0.15, -0.1) is 11.3 Å². The van der Waals surface area contributed by atoms with Crippen LogP contribution in [0.25, 0.3) is 0 Å². The highest BCUT2D eigenvalue weighted by atomic mass is 32.1. The highest BCUT2D eigenvalue weighted by Crippen LogP contribution is 2.47. The lowest BCUT2D eigenvalue weighted by Crippen LogP contribution is -2.34. The van der Waals surface area contributed by atoms with Crippen molar-refractivity contribution < 1.29 is 14.3 Å². The van der Waals surface area contributed by atoms with E-state index in [0.717, 1.165) is 42.1 Å². The number of fused-ring (bicyclic) bond motifs is 1. The molecule has 2 heterocycles. The Bertz CT molecular complexity index is 778. The minimum atomic E-state index is -0.476. The molecule has 0 radical (unpaired) electrons. The Morgan fingerprint density at radius 1 is 1.22 bits per heavy atom. The number of carbonyl (C=O) groups is 1. The SMILES string of the molecule is Cc1nc(C)c(C(=O)Nc2ccc3c(c2)OC2(CCCC2)O3)s1. The zero-order valence-corrected chi connectivity index (χ0v) is 14.0. The van der Waals surface area contributed by atoms with Crippen LogP contribution in [0.5, 0.6) is 11.5 Å². The number of hydrogen-bond acceptors (Lipinski definition) is 5. The topological polar surface area (TPSA) is 60.5 Å². The van der Waals surface area contributed by atoms with Gasteiger partial charge >= 0.3 is 0 Å². The second kappa shape index (κ2) is 5.23. The number of benzene rings is 1. The van der Waals surface area contributed by atoms with Crippen LogP contribution in [-0.2, 0) is 0 Å². The minimum absolute atomic E-state index is 0.137. The van der Waals surface area contributed by atoms with Crippen molar-refractivity contribution in [1.82, 2.24) is 4.98 Å². The summed E-state index contributed by atoms with van der Waals surface area (Å²) in [4.78, 5) is 17.3. The molecule has 1 N–H and O–H groups in total. The summed E-state index contributed by atoms with van der Waals surface area (Å²) in [7, 11) is 0. The van der Waals surface area contributed by atoms with Crippen molar-refractivity contribution in [2.24, 2.45) is 0 Å². The molecule has 2 aromatic rings. The summed E-state index contributed by atoms with van der Waals surface area (Å²) >= 11 is 1.40. The van der Waals surface area contributed by atoms with Gasteiger partial charge in [0.05, 0.1) is 10.7 Å². The van der Waals surface area contributed by atoms with E-state index >= 15 is 0 Å². The summed E-state index contributed by atoms with van der Waals surface area (Å²) in [6.45, 7) is 3.75. The lowest BCUT2D eigenvalue weighted by Gasteiger charge is -2.21. The summed E-state index contributed by atoms with van der Waals surface area (Å²) in [6, 6.07) is 5.55. The van der Waals surface area contributed by atoms with Gasteiger partial charge in [-0.1, -0.05) is 0 Å². The lowest BCUT2D eigenvalue weighted by atomic mass is 10.2. The Hall–Kier alpha value is -2.08. The van der Waals surface area contributed by atoms with Crippen molar-refractivity contribution in [3.8, 4) is 11.5 Å². The van der Waals surface area contributed by atoms with E-state index in [4.69, 9.17) is 9.47 Å². The van der Waals surface area contributed by atoms with Gasteiger partial charge in [0.25, 0.3) is 11.7 Å². The second-order valence-corrected chi connectivity index (χ2v) is 7.29. The monoisotopic (exact) mass is 330 g/mol. The Morgan fingerprint density at radius 3 is 2.65 bits per heavy atom. The summed E-state index contributed by atoms with van der Waals surface area (Å²) < 4.78 is 12.0. The highest BCUT2D eigenvalue weighted by Gasteiger charge is 2.44. The third-order valence-electron chi connectivity index (χ3n) is 4.27. The zero-order valence-electron chi connectivity index (χ0n) is 13.1. The number of rotatable bonds is 2. The smallest absolute Gasteiger partial charge is 0.267 e. The maximum absolute atomic E-state index is 12.4. The second-order valence-electron chi connectivity index (χ2n) is 6.08. The molecule has 2 aliphatic rings. The maximum atomic E-state index is 12.4. The number of aryl methyl sites for hydroxylation is 2. The van der Waals surface area contributed by atoms with Crippen molar-refractivity contribution in [2.75, 3.05) is 5.32 Å². The number of ether oxygens (including phenoxy) is 2. The quantitative estimate of drug-likeness (QED) is 0.902.